The molecule has 1 aromatic rings. The highest BCUT2D eigenvalue weighted by Gasteiger charge is 2.02. The van der Waals surface area contributed by atoms with Crippen LogP contribution in [0, 0.1) is 0 Å². The standard InChI is InChI=1S/C9H16N2OS/c1-3-8-9(13-7-11-8)6-10-4-5-12-2/h7,10H,3-6H2,1-2H3. The average Bonchev–Trinajstić information content (AvgIpc) is 2.60. The third kappa shape index (κ3) is 3.42. The van der Waals surface area contributed by atoms with Crippen LogP contribution in [-0.4, -0.2) is 25.2 Å². The van der Waals surface area contributed by atoms with Crippen molar-refractivity contribution in [2.75, 3.05) is 20.3 Å². The predicted octanol–water partition coefficient (Wildman–Crippen LogP) is 1.44. The van der Waals surface area contributed by atoms with Gasteiger partial charge in [-0.25, -0.2) is 4.98 Å². The Morgan fingerprint density at radius 2 is 2.46 bits per heavy atom. The van der Waals surface area contributed by atoms with E-state index in [0.29, 0.717) is 0 Å². The third-order valence-corrected chi connectivity index (χ3v) is 2.70. The van der Waals surface area contributed by atoms with E-state index in [0.717, 1.165) is 26.1 Å². The molecule has 0 atom stereocenters. The lowest BCUT2D eigenvalue weighted by atomic mass is 10.3. The number of thiazole rings is 1. The Bertz CT molecular complexity index is 237. The van der Waals surface area contributed by atoms with E-state index in [1.807, 2.05) is 5.51 Å². The normalized spacial score (nSPS) is 10.6. The molecule has 0 fully saturated rings. The summed E-state index contributed by atoms with van der Waals surface area (Å²) in [7, 11) is 1.71. The van der Waals surface area contributed by atoms with Crippen molar-refractivity contribution in [3.05, 3.63) is 16.1 Å². The number of nitrogens with zero attached hydrogens (tertiary/aromatic N) is 1. The largest absolute Gasteiger partial charge is 0.383 e. The minimum Gasteiger partial charge on any atom is -0.383 e. The van der Waals surface area contributed by atoms with Crippen molar-refractivity contribution in [2.45, 2.75) is 19.9 Å². The minimum atomic E-state index is 0.764. The highest BCUT2D eigenvalue weighted by molar-refractivity contribution is 7.09. The van der Waals surface area contributed by atoms with E-state index in [9.17, 15) is 0 Å². The molecule has 0 unspecified atom stereocenters. The molecule has 0 radical (unpaired) electrons. The number of ether oxygens (including phenoxy) is 1. The molecular formula is C9H16N2OS. The number of aryl methyl sites for hydroxylation is 1. The second-order valence-corrected chi connectivity index (χ2v) is 3.68. The van der Waals surface area contributed by atoms with E-state index in [1.54, 1.807) is 18.4 Å². The van der Waals surface area contributed by atoms with Crippen LogP contribution in [-0.2, 0) is 17.7 Å². The first-order chi connectivity index (χ1) is 6.38. The molecule has 0 amide bonds. The lowest BCUT2D eigenvalue weighted by molar-refractivity contribution is 0.199. The molecule has 0 aromatic carbocycles. The topological polar surface area (TPSA) is 34.2 Å². The van der Waals surface area contributed by atoms with Gasteiger partial charge >= 0.3 is 0 Å². The van der Waals surface area contributed by atoms with Gasteiger partial charge in [-0.15, -0.1) is 11.3 Å². The number of hydrogen-bond donors (Lipinski definition) is 1. The van der Waals surface area contributed by atoms with Crippen LogP contribution >= 0.6 is 11.3 Å². The summed E-state index contributed by atoms with van der Waals surface area (Å²) in [6.07, 6.45) is 1.02. The van der Waals surface area contributed by atoms with Crippen LogP contribution < -0.4 is 5.32 Å². The number of nitrogens with one attached hydrogen (secondary N) is 1. The lowest BCUT2D eigenvalue weighted by Crippen LogP contribution is -2.18. The summed E-state index contributed by atoms with van der Waals surface area (Å²) in [6, 6.07) is 0. The van der Waals surface area contributed by atoms with E-state index < -0.39 is 0 Å². The molecule has 1 rings (SSSR count). The van der Waals surface area contributed by atoms with Crippen molar-refractivity contribution >= 4 is 11.3 Å². The van der Waals surface area contributed by atoms with E-state index in [4.69, 9.17) is 4.74 Å². The summed E-state index contributed by atoms with van der Waals surface area (Å²) in [6.45, 7) is 4.71. The maximum atomic E-state index is 4.94. The highest BCUT2D eigenvalue weighted by Crippen LogP contribution is 2.12. The molecule has 0 saturated heterocycles. The summed E-state index contributed by atoms with van der Waals surface area (Å²) >= 11 is 1.72. The molecule has 3 nitrogen and oxygen atoms in total. The number of hydrogen-bond acceptors (Lipinski definition) is 4. The maximum absolute atomic E-state index is 4.94. The van der Waals surface area contributed by atoms with Gasteiger partial charge < -0.3 is 10.1 Å². The van der Waals surface area contributed by atoms with E-state index in [1.165, 1.54) is 10.6 Å². The fraction of sp³-hybridized carbons (Fsp3) is 0.667. The van der Waals surface area contributed by atoms with Crippen LogP contribution in [0.5, 0.6) is 0 Å². The van der Waals surface area contributed by atoms with Gasteiger partial charge in [-0.3, -0.25) is 0 Å². The molecule has 0 bridgehead atoms. The van der Waals surface area contributed by atoms with Gasteiger partial charge in [-0.1, -0.05) is 6.92 Å². The molecule has 1 N–H and O–H groups in total. The average molecular weight is 200 g/mol. The first kappa shape index (κ1) is 10.6. The van der Waals surface area contributed by atoms with E-state index in [2.05, 4.69) is 17.2 Å². The Morgan fingerprint density at radius 1 is 1.62 bits per heavy atom. The van der Waals surface area contributed by atoms with Crippen LogP contribution in [0.2, 0.25) is 0 Å². The molecule has 74 valence electrons. The van der Waals surface area contributed by atoms with Gasteiger partial charge in [0.1, 0.15) is 0 Å². The van der Waals surface area contributed by atoms with Gasteiger partial charge in [-0.2, -0.15) is 0 Å². The zero-order chi connectivity index (χ0) is 9.52. The lowest BCUT2D eigenvalue weighted by Gasteiger charge is -2.02. The summed E-state index contributed by atoms with van der Waals surface area (Å²) < 4.78 is 4.94. The number of aromatic nitrogens is 1. The van der Waals surface area contributed by atoms with Crippen molar-refractivity contribution in [3.63, 3.8) is 0 Å². The zero-order valence-electron chi connectivity index (χ0n) is 8.17. The Balaban J connectivity index is 2.27. The van der Waals surface area contributed by atoms with Gasteiger partial charge in [0.2, 0.25) is 0 Å². The molecule has 0 saturated carbocycles. The van der Waals surface area contributed by atoms with Gasteiger partial charge in [0, 0.05) is 25.1 Å². The second-order valence-electron chi connectivity index (χ2n) is 2.75. The van der Waals surface area contributed by atoms with E-state index >= 15 is 0 Å². The van der Waals surface area contributed by atoms with Gasteiger partial charge in [0.05, 0.1) is 17.8 Å². The molecule has 1 aromatic heterocycles. The smallest absolute Gasteiger partial charge is 0.0798 e. The van der Waals surface area contributed by atoms with Crippen molar-refractivity contribution in [2.24, 2.45) is 0 Å². The van der Waals surface area contributed by atoms with Crippen LogP contribution in [0.4, 0.5) is 0 Å². The Kier molecular flexibility index (Phi) is 4.97. The zero-order valence-corrected chi connectivity index (χ0v) is 8.99. The summed E-state index contributed by atoms with van der Waals surface area (Å²) in [5, 5.41) is 3.31. The number of rotatable bonds is 6. The fourth-order valence-corrected chi connectivity index (χ4v) is 1.93. The summed E-state index contributed by atoms with van der Waals surface area (Å²) in [5.41, 5.74) is 3.13. The summed E-state index contributed by atoms with van der Waals surface area (Å²) in [5.74, 6) is 0. The first-order valence-corrected chi connectivity index (χ1v) is 5.37. The third-order valence-electron chi connectivity index (χ3n) is 1.83. The first-order valence-electron chi connectivity index (χ1n) is 4.49. The molecule has 1 heterocycles. The Hall–Kier alpha value is -0.450. The second kappa shape index (κ2) is 6.07. The van der Waals surface area contributed by atoms with Crippen LogP contribution in [0.25, 0.3) is 0 Å². The Labute approximate surface area is 83.1 Å². The van der Waals surface area contributed by atoms with Crippen molar-refractivity contribution in [1.29, 1.82) is 0 Å². The molecule has 13 heavy (non-hydrogen) atoms. The van der Waals surface area contributed by atoms with Crippen molar-refractivity contribution < 1.29 is 4.74 Å². The van der Waals surface area contributed by atoms with E-state index in [-0.39, 0.29) is 0 Å². The van der Waals surface area contributed by atoms with Crippen LogP contribution in [0.15, 0.2) is 5.51 Å². The highest BCUT2D eigenvalue weighted by atomic mass is 32.1. The maximum Gasteiger partial charge on any atom is 0.0798 e. The van der Waals surface area contributed by atoms with Gasteiger partial charge in [-0.05, 0) is 6.42 Å². The molecule has 0 spiro atoms. The van der Waals surface area contributed by atoms with Crippen molar-refractivity contribution in [1.82, 2.24) is 10.3 Å². The van der Waals surface area contributed by atoms with Crippen LogP contribution in [0.1, 0.15) is 17.5 Å². The van der Waals surface area contributed by atoms with Crippen molar-refractivity contribution in [3.8, 4) is 0 Å². The quantitative estimate of drug-likeness (QED) is 0.706. The van der Waals surface area contributed by atoms with Gasteiger partial charge in [0.15, 0.2) is 0 Å². The molecule has 0 aliphatic heterocycles. The monoisotopic (exact) mass is 200 g/mol. The summed E-state index contributed by atoms with van der Waals surface area (Å²) in [4.78, 5) is 5.63. The number of methoxy groups -OCH3 is 1. The Morgan fingerprint density at radius 3 is 3.15 bits per heavy atom. The van der Waals surface area contributed by atoms with Gasteiger partial charge in [0.25, 0.3) is 0 Å². The SMILES string of the molecule is CCc1ncsc1CNCCOC. The molecule has 0 aliphatic carbocycles. The molecular weight excluding hydrogens is 184 g/mol. The van der Waals surface area contributed by atoms with Crippen LogP contribution in [0.3, 0.4) is 0 Å². The molecule has 0 aliphatic rings. The minimum absolute atomic E-state index is 0.764. The predicted molar refractivity (Wildman–Crippen MR) is 55.1 cm³/mol. The molecule has 4 heteroatoms. The fourth-order valence-electron chi connectivity index (χ4n) is 1.10.